The van der Waals surface area contributed by atoms with Gasteiger partial charge in [0.05, 0.1) is 6.61 Å². The Kier molecular flexibility index (Phi) is 3.22. The molecule has 3 rings (SSSR count). The van der Waals surface area contributed by atoms with Crippen LogP contribution in [0.25, 0.3) is 0 Å². The van der Waals surface area contributed by atoms with Gasteiger partial charge in [0.15, 0.2) is 0 Å². The van der Waals surface area contributed by atoms with Gasteiger partial charge in [-0.1, -0.05) is 30.3 Å². The van der Waals surface area contributed by atoms with E-state index in [0.29, 0.717) is 6.61 Å². The SMILES string of the molecule is NC(c1cccc(F)c1)C1COc2ccccc2C1. The highest BCUT2D eigenvalue weighted by atomic mass is 19.1. The van der Waals surface area contributed by atoms with E-state index in [1.807, 2.05) is 24.3 Å². The predicted molar refractivity (Wildman–Crippen MR) is 72.5 cm³/mol. The van der Waals surface area contributed by atoms with Crippen LogP contribution in [0.3, 0.4) is 0 Å². The average molecular weight is 257 g/mol. The highest BCUT2D eigenvalue weighted by Crippen LogP contribution is 2.32. The van der Waals surface area contributed by atoms with E-state index in [1.54, 1.807) is 6.07 Å². The van der Waals surface area contributed by atoms with Gasteiger partial charge in [-0.3, -0.25) is 0 Å². The molecule has 1 aliphatic heterocycles. The van der Waals surface area contributed by atoms with Crippen LogP contribution in [0.15, 0.2) is 48.5 Å². The summed E-state index contributed by atoms with van der Waals surface area (Å²) in [7, 11) is 0. The lowest BCUT2D eigenvalue weighted by Gasteiger charge is -2.29. The first-order valence-corrected chi connectivity index (χ1v) is 6.46. The Morgan fingerprint density at radius 1 is 1.16 bits per heavy atom. The lowest BCUT2D eigenvalue weighted by molar-refractivity contribution is 0.200. The van der Waals surface area contributed by atoms with Gasteiger partial charge in [-0.15, -0.1) is 0 Å². The van der Waals surface area contributed by atoms with Gasteiger partial charge < -0.3 is 10.5 Å². The molecule has 19 heavy (non-hydrogen) atoms. The maximum absolute atomic E-state index is 13.2. The van der Waals surface area contributed by atoms with Crippen molar-refractivity contribution in [1.29, 1.82) is 0 Å². The maximum atomic E-state index is 13.2. The fourth-order valence-corrected chi connectivity index (χ4v) is 2.57. The maximum Gasteiger partial charge on any atom is 0.123 e. The van der Waals surface area contributed by atoms with E-state index in [0.717, 1.165) is 17.7 Å². The van der Waals surface area contributed by atoms with Crippen LogP contribution in [0.1, 0.15) is 17.2 Å². The average Bonchev–Trinajstić information content (AvgIpc) is 2.46. The van der Waals surface area contributed by atoms with E-state index < -0.39 is 0 Å². The highest BCUT2D eigenvalue weighted by molar-refractivity contribution is 5.36. The molecule has 1 aliphatic rings. The first-order chi connectivity index (χ1) is 9.24. The molecule has 2 N–H and O–H groups in total. The van der Waals surface area contributed by atoms with Crippen molar-refractivity contribution in [2.45, 2.75) is 12.5 Å². The van der Waals surface area contributed by atoms with Crippen molar-refractivity contribution >= 4 is 0 Å². The van der Waals surface area contributed by atoms with Crippen LogP contribution < -0.4 is 10.5 Å². The molecule has 0 aliphatic carbocycles. The van der Waals surface area contributed by atoms with Crippen molar-refractivity contribution < 1.29 is 9.13 Å². The smallest absolute Gasteiger partial charge is 0.123 e. The summed E-state index contributed by atoms with van der Waals surface area (Å²) in [6.45, 7) is 0.578. The second-order valence-electron chi connectivity index (χ2n) is 4.96. The summed E-state index contributed by atoms with van der Waals surface area (Å²) in [6.07, 6.45) is 0.869. The number of fused-ring (bicyclic) bond motifs is 1. The van der Waals surface area contributed by atoms with Gasteiger partial charge >= 0.3 is 0 Å². The Balaban J connectivity index is 1.81. The molecule has 0 bridgehead atoms. The Morgan fingerprint density at radius 3 is 2.84 bits per heavy atom. The highest BCUT2D eigenvalue weighted by Gasteiger charge is 2.26. The van der Waals surface area contributed by atoms with Crippen LogP contribution in [-0.4, -0.2) is 6.61 Å². The number of rotatable bonds is 2. The Morgan fingerprint density at radius 2 is 2.00 bits per heavy atom. The standard InChI is InChI=1S/C16H16FNO/c17-14-6-3-5-12(9-14)16(18)13-8-11-4-1-2-7-15(11)19-10-13/h1-7,9,13,16H,8,10,18H2. The number of para-hydroxylation sites is 1. The van der Waals surface area contributed by atoms with E-state index in [1.165, 1.54) is 17.7 Å². The van der Waals surface area contributed by atoms with Crippen molar-refractivity contribution in [3.63, 3.8) is 0 Å². The van der Waals surface area contributed by atoms with Gasteiger partial charge in [-0.25, -0.2) is 4.39 Å². The molecule has 2 nitrogen and oxygen atoms in total. The monoisotopic (exact) mass is 257 g/mol. The summed E-state index contributed by atoms with van der Waals surface area (Å²) in [5.74, 6) is 0.868. The number of halogens is 1. The van der Waals surface area contributed by atoms with Crippen molar-refractivity contribution in [3.05, 3.63) is 65.5 Å². The fourth-order valence-electron chi connectivity index (χ4n) is 2.57. The molecule has 2 aromatic rings. The lowest BCUT2D eigenvalue weighted by atomic mass is 9.87. The van der Waals surface area contributed by atoms with Crippen molar-refractivity contribution in [3.8, 4) is 5.75 Å². The van der Waals surface area contributed by atoms with Crippen LogP contribution in [-0.2, 0) is 6.42 Å². The molecule has 1 heterocycles. The molecule has 2 unspecified atom stereocenters. The molecule has 2 atom stereocenters. The number of hydrogen-bond donors (Lipinski definition) is 1. The van der Waals surface area contributed by atoms with E-state index in [9.17, 15) is 4.39 Å². The second-order valence-corrected chi connectivity index (χ2v) is 4.96. The quantitative estimate of drug-likeness (QED) is 0.897. The molecule has 0 spiro atoms. The molecule has 0 saturated carbocycles. The summed E-state index contributed by atoms with van der Waals surface area (Å²) in [5, 5.41) is 0. The molecule has 0 aromatic heterocycles. The third-order valence-electron chi connectivity index (χ3n) is 3.65. The van der Waals surface area contributed by atoms with E-state index in [-0.39, 0.29) is 17.8 Å². The third-order valence-corrected chi connectivity index (χ3v) is 3.65. The minimum atomic E-state index is -0.245. The number of ether oxygens (including phenoxy) is 1. The van der Waals surface area contributed by atoms with Gasteiger partial charge in [0.25, 0.3) is 0 Å². The number of hydrogen-bond acceptors (Lipinski definition) is 2. The summed E-state index contributed by atoms with van der Waals surface area (Å²) >= 11 is 0. The van der Waals surface area contributed by atoms with Gasteiger partial charge in [0.1, 0.15) is 11.6 Å². The Hall–Kier alpha value is -1.87. The summed E-state index contributed by atoms with van der Waals surface area (Å²) in [6, 6.07) is 14.3. The fraction of sp³-hybridized carbons (Fsp3) is 0.250. The zero-order valence-corrected chi connectivity index (χ0v) is 10.6. The molecule has 98 valence electrons. The third kappa shape index (κ3) is 2.47. The summed E-state index contributed by atoms with van der Waals surface area (Å²) < 4.78 is 19.0. The molecule has 3 heteroatoms. The van der Waals surface area contributed by atoms with Crippen LogP contribution in [0, 0.1) is 11.7 Å². The first-order valence-electron chi connectivity index (χ1n) is 6.46. The number of nitrogens with two attached hydrogens (primary N) is 1. The minimum absolute atomic E-state index is 0.177. The van der Waals surface area contributed by atoms with Crippen molar-refractivity contribution in [2.75, 3.05) is 6.61 Å². The van der Waals surface area contributed by atoms with E-state index in [4.69, 9.17) is 10.5 Å². The summed E-state index contributed by atoms with van der Waals surface area (Å²) in [5.41, 5.74) is 8.25. The molecule has 0 saturated heterocycles. The van der Waals surface area contributed by atoms with Gasteiger partial charge in [0.2, 0.25) is 0 Å². The number of benzene rings is 2. The largest absolute Gasteiger partial charge is 0.493 e. The lowest BCUT2D eigenvalue weighted by Crippen LogP contribution is -2.31. The predicted octanol–water partition coefficient (Wildman–Crippen LogP) is 3.08. The van der Waals surface area contributed by atoms with Crippen molar-refractivity contribution in [2.24, 2.45) is 11.7 Å². The topological polar surface area (TPSA) is 35.2 Å². The van der Waals surface area contributed by atoms with Gasteiger partial charge in [-0.2, -0.15) is 0 Å². The molecule has 0 amide bonds. The molecule has 0 fully saturated rings. The van der Waals surface area contributed by atoms with Crippen molar-refractivity contribution in [1.82, 2.24) is 0 Å². The van der Waals surface area contributed by atoms with Crippen LogP contribution in [0.5, 0.6) is 5.75 Å². The first kappa shape index (κ1) is 12.2. The second kappa shape index (κ2) is 5.02. The molecule has 0 radical (unpaired) electrons. The van der Waals surface area contributed by atoms with Gasteiger partial charge in [-0.05, 0) is 35.7 Å². The van der Waals surface area contributed by atoms with E-state index >= 15 is 0 Å². The minimum Gasteiger partial charge on any atom is -0.493 e. The van der Waals surface area contributed by atoms with Crippen LogP contribution in [0.2, 0.25) is 0 Å². The Bertz CT molecular complexity index is 584. The van der Waals surface area contributed by atoms with Gasteiger partial charge in [0, 0.05) is 12.0 Å². The van der Waals surface area contributed by atoms with Crippen LogP contribution in [0.4, 0.5) is 4.39 Å². The summed E-state index contributed by atoms with van der Waals surface area (Å²) in [4.78, 5) is 0. The molecular formula is C16H16FNO. The van der Waals surface area contributed by atoms with E-state index in [2.05, 4.69) is 6.07 Å². The normalized spacial score (nSPS) is 19.4. The zero-order chi connectivity index (χ0) is 13.2. The zero-order valence-electron chi connectivity index (χ0n) is 10.6. The molecular weight excluding hydrogens is 241 g/mol. The van der Waals surface area contributed by atoms with Crippen LogP contribution >= 0.6 is 0 Å². The molecule has 2 aromatic carbocycles. The Labute approximate surface area is 112 Å².